The van der Waals surface area contributed by atoms with E-state index in [1.54, 1.807) is 30.3 Å². The highest BCUT2D eigenvalue weighted by atomic mass is 17.2. The van der Waals surface area contributed by atoms with Crippen molar-refractivity contribution >= 4 is 11.4 Å². The summed E-state index contributed by atoms with van der Waals surface area (Å²) < 4.78 is 0. The van der Waals surface area contributed by atoms with E-state index in [0.29, 0.717) is 22.9 Å². The molecule has 4 heteroatoms. The molecule has 0 fully saturated rings. The van der Waals surface area contributed by atoms with E-state index < -0.39 is 0 Å². The second-order valence-corrected chi connectivity index (χ2v) is 3.24. The summed E-state index contributed by atoms with van der Waals surface area (Å²) in [6.07, 6.45) is 0. The van der Waals surface area contributed by atoms with Crippen LogP contribution in [0.4, 0.5) is 11.4 Å². The first-order valence-electron chi connectivity index (χ1n) is 4.81. The van der Waals surface area contributed by atoms with Crippen molar-refractivity contribution in [2.24, 2.45) is 0 Å². The maximum absolute atomic E-state index is 5.72. The number of benzene rings is 2. The highest BCUT2D eigenvalue weighted by Gasteiger charge is 2.04. The number of para-hydroxylation sites is 2. The first kappa shape index (κ1) is 10.2. The molecule has 0 amide bonds. The molecular formula is C12H12N2O2. The molecule has 0 unspecified atom stereocenters. The van der Waals surface area contributed by atoms with Crippen molar-refractivity contribution in [2.45, 2.75) is 0 Å². The maximum atomic E-state index is 5.72. The van der Waals surface area contributed by atoms with E-state index in [-0.39, 0.29) is 0 Å². The molecule has 0 aromatic heterocycles. The van der Waals surface area contributed by atoms with Gasteiger partial charge < -0.3 is 11.5 Å². The first-order valence-corrected chi connectivity index (χ1v) is 4.81. The number of nitrogen functional groups attached to an aromatic ring is 2. The van der Waals surface area contributed by atoms with Crippen molar-refractivity contribution in [1.29, 1.82) is 0 Å². The molecule has 0 saturated heterocycles. The average Bonchev–Trinajstić information content (AvgIpc) is 2.32. The van der Waals surface area contributed by atoms with Gasteiger partial charge in [0, 0.05) is 0 Å². The fourth-order valence-electron chi connectivity index (χ4n) is 1.20. The van der Waals surface area contributed by atoms with Crippen molar-refractivity contribution in [3.63, 3.8) is 0 Å². The molecule has 0 aliphatic heterocycles. The normalized spacial score (nSPS) is 9.75. The van der Waals surface area contributed by atoms with E-state index in [9.17, 15) is 0 Å². The van der Waals surface area contributed by atoms with Crippen molar-refractivity contribution in [3.8, 4) is 11.5 Å². The Hall–Kier alpha value is -2.36. The number of hydrogen-bond acceptors (Lipinski definition) is 4. The molecular weight excluding hydrogens is 204 g/mol. The third kappa shape index (κ3) is 2.17. The van der Waals surface area contributed by atoms with Crippen LogP contribution in [-0.2, 0) is 0 Å². The molecule has 4 N–H and O–H groups in total. The summed E-state index contributed by atoms with van der Waals surface area (Å²) >= 11 is 0. The minimum atomic E-state index is 0.374. The molecule has 2 aromatic carbocycles. The quantitative estimate of drug-likeness (QED) is 0.469. The Morgan fingerprint density at radius 2 is 1.50 bits per heavy atom. The Morgan fingerprint density at radius 1 is 0.750 bits per heavy atom. The van der Waals surface area contributed by atoms with Crippen LogP contribution in [0.1, 0.15) is 0 Å². The predicted octanol–water partition coefficient (Wildman–Crippen LogP) is 2.22. The van der Waals surface area contributed by atoms with Crippen LogP contribution >= 0.6 is 0 Å². The van der Waals surface area contributed by atoms with Crippen LogP contribution in [0.5, 0.6) is 11.5 Å². The zero-order chi connectivity index (χ0) is 11.4. The van der Waals surface area contributed by atoms with E-state index in [2.05, 4.69) is 0 Å². The number of nitrogens with two attached hydrogens (primary N) is 2. The second-order valence-electron chi connectivity index (χ2n) is 3.24. The van der Waals surface area contributed by atoms with E-state index in [0.717, 1.165) is 0 Å². The lowest BCUT2D eigenvalue weighted by molar-refractivity contribution is -0.0991. The van der Waals surface area contributed by atoms with Gasteiger partial charge in [0.2, 0.25) is 5.75 Å². The third-order valence-electron chi connectivity index (χ3n) is 2.07. The Labute approximate surface area is 93.3 Å². The predicted molar refractivity (Wildman–Crippen MR) is 63.0 cm³/mol. The summed E-state index contributed by atoms with van der Waals surface area (Å²) in [4.78, 5) is 10.2. The Balaban J connectivity index is 2.08. The lowest BCUT2D eigenvalue weighted by atomic mass is 10.2. The summed E-state index contributed by atoms with van der Waals surface area (Å²) in [6.45, 7) is 0. The molecule has 0 atom stereocenters. The van der Waals surface area contributed by atoms with E-state index in [1.807, 2.05) is 18.2 Å². The van der Waals surface area contributed by atoms with Gasteiger partial charge in [0.05, 0.1) is 5.69 Å². The molecule has 82 valence electrons. The molecule has 0 spiro atoms. The summed E-state index contributed by atoms with van der Waals surface area (Å²) in [5, 5.41) is 0. The van der Waals surface area contributed by atoms with Crippen LogP contribution in [-0.4, -0.2) is 0 Å². The summed E-state index contributed by atoms with van der Waals surface area (Å²) in [5.74, 6) is 1.01. The second kappa shape index (κ2) is 4.44. The number of hydrogen-bond donors (Lipinski definition) is 2. The van der Waals surface area contributed by atoms with Gasteiger partial charge in [-0.15, -0.1) is 0 Å². The third-order valence-corrected chi connectivity index (χ3v) is 2.07. The largest absolute Gasteiger partial charge is 0.397 e. The zero-order valence-corrected chi connectivity index (χ0v) is 8.59. The minimum absolute atomic E-state index is 0.374. The van der Waals surface area contributed by atoms with Gasteiger partial charge in [-0.3, -0.25) is 9.78 Å². The molecule has 2 rings (SSSR count). The standard InChI is InChI=1S/C12H12N2O2/c13-10-7-4-8-11(12(10)14)16-15-9-5-2-1-3-6-9/h1-8H,13-14H2. The minimum Gasteiger partial charge on any atom is -0.397 e. The number of anilines is 2. The van der Waals surface area contributed by atoms with Crippen molar-refractivity contribution in [1.82, 2.24) is 0 Å². The van der Waals surface area contributed by atoms with Gasteiger partial charge in [-0.2, -0.15) is 0 Å². The lowest BCUT2D eigenvalue weighted by Gasteiger charge is -2.08. The van der Waals surface area contributed by atoms with E-state index in [4.69, 9.17) is 21.2 Å². The molecule has 0 heterocycles. The van der Waals surface area contributed by atoms with Crippen LogP contribution in [0.2, 0.25) is 0 Å². The molecule has 0 radical (unpaired) electrons. The molecule has 0 bridgehead atoms. The van der Waals surface area contributed by atoms with Gasteiger partial charge in [-0.05, 0) is 24.3 Å². The fraction of sp³-hybridized carbons (Fsp3) is 0. The molecule has 0 aliphatic carbocycles. The monoisotopic (exact) mass is 216 g/mol. The van der Waals surface area contributed by atoms with Gasteiger partial charge >= 0.3 is 0 Å². The highest BCUT2D eigenvalue weighted by Crippen LogP contribution is 2.27. The molecule has 4 nitrogen and oxygen atoms in total. The van der Waals surface area contributed by atoms with E-state index in [1.165, 1.54) is 0 Å². The van der Waals surface area contributed by atoms with Gasteiger partial charge in [0.1, 0.15) is 5.69 Å². The van der Waals surface area contributed by atoms with Crippen LogP contribution < -0.4 is 21.2 Å². The van der Waals surface area contributed by atoms with Crippen LogP contribution in [0.15, 0.2) is 48.5 Å². The van der Waals surface area contributed by atoms with Crippen molar-refractivity contribution in [3.05, 3.63) is 48.5 Å². The van der Waals surface area contributed by atoms with Crippen molar-refractivity contribution < 1.29 is 9.78 Å². The van der Waals surface area contributed by atoms with Crippen LogP contribution in [0.25, 0.3) is 0 Å². The van der Waals surface area contributed by atoms with Gasteiger partial charge in [0.25, 0.3) is 0 Å². The first-order chi connectivity index (χ1) is 7.77. The van der Waals surface area contributed by atoms with Gasteiger partial charge in [-0.25, -0.2) is 0 Å². The van der Waals surface area contributed by atoms with E-state index >= 15 is 0 Å². The molecule has 16 heavy (non-hydrogen) atoms. The Morgan fingerprint density at radius 3 is 2.25 bits per heavy atom. The van der Waals surface area contributed by atoms with Crippen LogP contribution in [0.3, 0.4) is 0 Å². The topological polar surface area (TPSA) is 70.5 Å². The smallest absolute Gasteiger partial charge is 0.203 e. The highest BCUT2D eigenvalue weighted by molar-refractivity contribution is 5.70. The summed E-state index contributed by atoms with van der Waals surface area (Å²) in [6, 6.07) is 14.3. The summed E-state index contributed by atoms with van der Waals surface area (Å²) in [7, 11) is 0. The van der Waals surface area contributed by atoms with Crippen molar-refractivity contribution in [2.75, 3.05) is 11.5 Å². The SMILES string of the molecule is Nc1cccc(OOc2ccccc2)c1N. The maximum Gasteiger partial charge on any atom is 0.203 e. The van der Waals surface area contributed by atoms with Crippen LogP contribution in [0, 0.1) is 0 Å². The fourth-order valence-corrected chi connectivity index (χ4v) is 1.20. The molecule has 2 aromatic rings. The summed E-state index contributed by atoms with van der Waals surface area (Å²) in [5.41, 5.74) is 12.2. The number of rotatable bonds is 3. The van der Waals surface area contributed by atoms with Gasteiger partial charge in [-0.1, -0.05) is 24.3 Å². The Kier molecular flexibility index (Phi) is 2.82. The lowest BCUT2D eigenvalue weighted by Crippen LogP contribution is -2.04. The Bertz CT molecular complexity index is 472. The molecule has 0 saturated carbocycles. The molecule has 0 aliphatic rings. The zero-order valence-electron chi connectivity index (χ0n) is 8.59. The van der Waals surface area contributed by atoms with Gasteiger partial charge in [0.15, 0.2) is 5.75 Å². The average molecular weight is 216 g/mol.